The first-order chi connectivity index (χ1) is 7.02. The molecule has 0 aromatic heterocycles. The first-order valence-electron chi connectivity index (χ1n) is 5.30. The lowest BCUT2D eigenvalue weighted by Crippen LogP contribution is -2.49. The van der Waals surface area contributed by atoms with Crippen molar-refractivity contribution in [2.24, 2.45) is 5.92 Å². The van der Waals surface area contributed by atoms with Crippen molar-refractivity contribution in [2.45, 2.75) is 39.7 Å². The zero-order valence-corrected chi connectivity index (χ0v) is 9.54. The fourth-order valence-electron chi connectivity index (χ4n) is 1.11. The minimum Gasteiger partial charge on any atom is -0.480 e. The van der Waals surface area contributed by atoms with Crippen molar-refractivity contribution >= 4 is 12.0 Å². The predicted molar refractivity (Wildman–Crippen MR) is 57.7 cm³/mol. The average molecular weight is 216 g/mol. The Morgan fingerprint density at radius 2 is 1.93 bits per heavy atom. The molecule has 2 atom stereocenters. The van der Waals surface area contributed by atoms with E-state index in [1.165, 1.54) is 0 Å². The van der Waals surface area contributed by atoms with Gasteiger partial charge in [-0.15, -0.1) is 0 Å². The van der Waals surface area contributed by atoms with E-state index in [1.54, 1.807) is 6.92 Å². The highest BCUT2D eigenvalue weighted by Gasteiger charge is 2.24. The lowest BCUT2D eigenvalue weighted by Gasteiger charge is -2.20. The molecular formula is C10H20N2O3. The van der Waals surface area contributed by atoms with Crippen LogP contribution in [-0.4, -0.2) is 29.7 Å². The van der Waals surface area contributed by atoms with Crippen LogP contribution in [0.1, 0.15) is 33.6 Å². The summed E-state index contributed by atoms with van der Waals surface area (Å²) in [5, 5.41) is 13.9. The van der Waals surface area contributed by atoms with Crippen LogP contribution in [-0.2, 0) is 4.79 Å². The minimum atomic E-state index is -0.990. The van der Waals surface area contributed by atoms with E-state index in [4.69, 9.17) is 5.11 Å². The van der Waals surface area contributed by atoms with E-state index in [0.717, 1.165) is 6.42 Å². The highest BCUT2D eigenvalue weighted by molar-refractivity contribution is 5.82. The highest BCUT2D eigenvalue weighted by Crippen LogP contribution is 2.07. The summed E-state index contributed by atoms with van der Waals surface area (Å²) < 4.78 is 0. The summed E-state index contributed by atoms with van der Waals surface area (Å²) in [7, 11) is 0. The fourth-order valence-corrected chi connectivity index (χ4v) is 1.11. The quantitative estimate of drug-likeness (QED) is 0.624. The summed E-state index contributed by atoms with van der Waals surface area (Å²) >= 11 is 0. The first kappa shape index (κ1) is 13.7. The number of nitrogens with one attached hydrogen (secondary N) is 2. The molecule has 0 aromatic carbocycles. The Morgan fingerprint density at radius 3 is 2.33 bits per heavy atom. The van der Waals surface area contributed by atoms with Gasteiger partial charge in [-0.1, -0.05) is 27.2 Å². The lowest BCUT2D eigenvalue weighted by atomic mass is 9.99. The van der Waals surface area contributed by atoms with Crippen LogP contribution in [0, 0.1) is 5.92 Å². The van der Waals surface area contributed by atoms with Crippen molar-refractivity contribution < 1.29 is 14.7 Å². The maximum absolute atomic E-state index is 11.3. The van der Waals surface area contributed by atoms with E-state index in [1.807, 2.05) is 13.8 Å². The van der Waals surface area contributed by atoms with Crippen LogP contribution in [0.15, 0.2) is 0 Å². The molecule has 2 unspecified atom stereocenters. The van der Waals surface area contributed by atoms with Gasteiger partial charge in [-0.2, -0.15) is 0 Å². The van der Waals surface area contributed by atoms with Gasteiger partial charge >= 0.3 is 12.0 Å². The molecule has 0 spiro atoms. The molecule has 0 aliphatic heterocycles. The van der Waals surface area contributed by atoms with Gasteiger partial charge in [0.15, 0.2) is 0 Å². The van der Waals surface area contributed by atoms with E-state index >= 15 is 0 Å². The number of rotatable bonds is 6. The van der Waals surface area contributed by atoms with Gasteiger partial charge in [-0.05, 0) is 12.3 Å². The third kappa shape index (κ3) is 5.24. The molecule has 0 heterocycles. The second-order valence-electron chi connectivity index (χ2n) is 3.60. The van der Waals surface area contributed by atoms with Gasteiger partial charge in [0.05, 0.1) is 0 Å². The molecule has 0 saturated carbocycles. The molecule has 0 radical (unpaired) electrons. The Morgan fingerprint density at radius 1 is 1.33 bits per heavy atom. The Labute approximate surface area is 90.2 Å². The topological polar surface area (TPSA) is 78.4 Å². The molecule has 0 aromatic rings. The van der Waals surface area contributed by atoms with E-state index in [9.17, 15) is 9.59 Å². The maximum atomic E-state index is 11.3. The number of urea groups is 1. The molecule has 0 fully saturated rings. The third-order valence-electron chi connectivity index (χ3n) is 2.30. The Kier molecular flexibility index (Phi) is 6.49. The van der Waals surface area contributed by atoms with Crippen LogP contribution in [0.5, 0.6) is 0 Å². The second-order valence-corrected chi connectivity index (χ2v) is 3.60. The molecule has 0 saturated heterocycles. The Balaban J connectivity index is 4.16. The summed E-state index contributed by atoms with van der Waals surface area (Å²) in [6.07, 6.45) is 1.54. The molecule has 88 valence electrons. The van der Waals surface area contributed by atoms with Crippen LogP contribution >= 0.6 is 0 Å². The van der Waals surface area contributed by atoms with Gasteiger partial charge in [-0.3, -0.25) is 0 Å². The van der Waals surface area contributed by atoms with Crippen molar-refractivity contribution in [3.05, 3.63) is 0 Å². The lowest BCUT2D eigenvalue weighted by molar-refractivity contribution is -0.140. The van der Waals surface area contributed by atoms with E-state index in [2.05, 4.69) is 10.6 Å². The Bertz CT molecular complexity index is 219. The van der Waals surface area contributed by atoms with Crippen molar-refractivity contribution in [3.63, 3.8) is 0 Å². The van der Waals surface area contributed by atoms with Gasteiger partial charge in [0.2, 0.25) is 0 Å². The smallest absolute Gasteiger partial charge is 0.326 e. The monoisotopic (exact) mass is 216 g/mol. The number of carboxylic acids is 1. The van der Waals surface area contributed by atoms with Gasteiger partial charge in [0.25, 0.3) is 0 Å². The molecule has 0 rings (SSSR count). The van der Waals surface area contributed by atoms with Crippen LogP contribution in [0.4, 0.5) is 4.79 Å². The summed E-state index contributed by atoms with van der Waals surface area (Å²) in [6.45, 7) is 6.19. The van der Waals surface area contributed by atoms with E-state index in [-0.39, 0.29) is 5.92 Å². The van der Waals surface area contributed by atoms with Crippen LogP contribution in [0.2, 0.25) is 0 Å². The second kappa shape index (κ2) is 7.09. The molecule has 5 heteroatoms. The summed E-state index contributed by atoms with van der Waals surface area (Å²) in [5.41, 5.74) is 0. The van der Waals surface area contributed by atoms with Gasteiger partial charge < -0.3 is 15.7 Å². The van der Waals surface area contributed by atoms with Gasteiger partial charge in [0, 0.05) is 6.54 Å². The van der Waals surface area contributed by atoms with Crippen LogP contribution in [0.25, 0.3) is 0 Å². The van der Waals surface area contributed by atoms with Crippen LogP contribution in [0.3, 0.4) is 0 Å². The number of hydrogen-bond acceptors (Lipinski definition) is 2. The number of carboxylic acid groups (broad SMARTS) is 1. The largest absolute Gasteiger partial charge is 0.480 e. The fraction of sp³-hybridized carbons (Fsp3) is 0.800. The van der Waals surface area contributed by atoms with Crippen LogP contribution < -0.4 is 10.6 Å². The molecule has 2 amide bonds. The summed E-state index contributed by atoms with van der Waals surface area (Å²) in [4.78, 5) is 22.1. The average Bonchev–Trinajstić information content (AvgIpc) is 2.21. The SMILES string of the molecule is CCCNC(=O)NC(C(=O)O)C(C)CC. The molecule has 0 aliphatic rings. The molecule has 3 N–H and O–H groups in total. The van der Waals surface area contributed by atoms with Crippen molar-refractivity contribution in [1.29, 1.82) is 0 Å². The maximum Gasteiger partial charge on any atom is 0.326 e. The van der Waals surface area contributed by atoms with Crippen molar-refractivity contribution in [2.75, 3.05) is 6.54 Å². The van der Waals surface area contributed by atoms with E-state index in [0.29, 0.717) is 13.0 Å². The van der Waals surface area contributed by atoms with Crippen molar-refractivity contribution in [1.82, 2.24) is 10.6 Å². The number of carbonyl (C=O) groups excluding carboxylic acids is 1. The first-order valence-corrected chi connectivity index (χ1v) is 5.30. The zero-order valence-electron chi connectivity index (χ0n) is 9.54. The molecule has 0 bridgehead atoms. The molecular weight excluding hydrogens is 196 g/mol. The normalized spacial score (nSPS) is 14.1. The third-order valence-corrected chi connectivity index (χ3v) is 2.30. The summed E-state index contributed by atoms with van der Waals surface area (Å²) in [6, 6.07) is -1.23. The molecule has 0 aliphatic carbocycles. The predicted octanol–water partition coefficient (Wildman–Crippen LogP) is 1.19. The standard InChI is InChI=1S/C10H20N2O3/c1-4-6-11-10(15)12-8(9(13)14)7(3)5-2/h7-8H,4-6H2,1-3H3,(H,13,14)(H2,11,12,15). The van der Waals surface area contributed by atoms with Gasteiger partial charge in [-0.25, -0.2) is 9.59 Å². The summed E-state index contributed by atoms with van der Waals surface area (Å²) in [5.74, 6) is -1.06. The Hall–Kier alpha value is -1.26. The minimum absolute atomic E-state index is 0.0742. The number of carbonyl (C=O) groups is 2. The van der Waals surface area contributed by atoms with Crippen molar-refractivity contribution in [3.8, 4) is 0 Å². The number of hydrogen-bond donors (Lipinski definition) is 3. The number of aliphatic carboxylic acids is 1. The highest BCUT2D eigenvalue weighted by atomic mass is 16.4. The van der Waals surface area contributed by atoms with Gasteiger partial charge in [0.1, 0.15) is 6.04 Å². The zero-order chi connectivity index (χ0) is 11.8. The molecule has 5 nitrogen and oxygen atoms in total. The van der Waals surface area contributed by atoms with E-state index < -0.39 is 18.0 Å². The molecule has 15 heavy (non-hydrogen) atoms. The number of amides is 2.